The molecule has 0 spiro atoms. The fraction of sp³-hybridized carbons (Fsp3) is 0.889. The van der Waals surface area contributed by atoms with Crippen LogP contribution in [0.5, 0.6) is 0 Å². The first-order valence-corrected chi connectivity index (χ1v) is 9.15. The highest BCUT2D eigenvalue weighted by molar-refractivity contribution is 5.82. The highest BCUT2D eigenvalue weighted by Crippen LogP contribution is 2.38. The van der Waals surface area contributed by atoms with Crippen LogP contribution in [0.2, 0.25) is 0 Å². The maximum atomic E-state index is 12.7. The third-order valence-corrected chi connectivity index (χ3v) is 5.18. The Morgan fingerprint density at radius 3 is 2.33 bits per heavy atom. The molecule has 6 heteroatoms. The van der Waals surface area contributed by atoms with Crippen molar-refractivity contribution in [3.8, 4) is 0 Å². The Morgan fingerprint density at radius 1 is 1.21 bits per heavy atom. The number of nitrogens with one attached hydrogen (secondary N) is 2. The molecule has 140 valence electrons. The van der Waals surface area contributed by atoms with Gasteiger partial charge < -0.3 is 21.5 Å². The molecule has 0 saturated heterocycles. The van der Waals surface area contributed by atoms with E-state index in [0.29, 0.717) is 17.8 Å². The van der Waals surface area contributed by atoms with Gasteiger partial charge in [0.1, 0.15) is 0 Å². The SMILES string of the molecule is CC(C)[C@@H]1CC[C@@H](C)C[C@H]1C(=O)NCC(NC(=O)[C@H](C)N)[C@@H](C)O. The number of carbonyl (C=O) groups is 2. The molecule has 24 heavy (non-hydrogen) atoms. The molecule has 1 aliphatic carbocycles. The first kappa shape index (κ1) is 20.9. The average molecular weight is 341 g/mol. The third kappa shape index (κ3) is 6.06. The smallest absolute Gasteiger partial charge is 0.236 e. The van der Waals surface area contributed by atoms with Gasteiger partial charge in [0.25, 0.3) is 0 Å². The molecule has 0 bridgehead atoms. The fourth-order valence-corrected chi connectivity index (χ4v) is 3.50. The molecular formula is C18H35N3O3. The zero-order chi connectivity index (χ0) is 18.4. The first-order valence-electron chi connectivity index (χ1n) is 9.15. The van der Waals surface area contributed by atoms with E-state index in [1.807, 2.05) is 0 Å². The minimum absolute atomic E-state index is 0.00697. The van der Waals surface area contributed by atoms with Crippen LogP contribution in [0.1, 0.15) is 53.9 Å². The Bertz CT molecular complexity index is 424. The van der Waals surface area contributed by atoms with Crippen LogP contribution in [-0.2, 0) is 9.59 Å². The third-order valence-electron chi connectivity index (χ3n) is 5.18. The quantitative estimate of drug-likeness (QED) is 0.555. The Morgan fingerprint density at radius 2 is 1.83 bits per heavy atom. The van der Waals surface area contributed by atoms with E-state index in [2.05, 4.69) is 31.4 Å². The molecule has 5 N–H and O–H groups in total. The zero-order valence-corrected chi connectivity index (χ0v) is 15.7. The Kier molecular flexibility index (Phi) is 8.16. The second kappa shape index (κ2) is 9.37. The van der Waals surface area contributed by atoms with Crippen molar-refractivity contribution < 1.29 is 14.7 Å². The fourth-order valence-electron chi connectivity index (χ4n) is 3.50. The van der Waals surface area contributed by atoms with Crippen LogP contribution >= 0.6 is 0 Å². The standard InChI is InChI=1S/C18H35N3O3/c1-10(2)14-7-6-11(3)8-15(14)18(24)20-9-16(13(5)22)21-17(23)12(4)19/h10-16,22H,6-9,19H2,1-5H3,(H,20,24)(H,21,23)/t11-,12+,13-,14+,15-,16?/m1/s1. The van der Waals surface area contributed by atoms with Crippen LogP contribution in [0.15, 0.2) is 0 Å². The van der Waals surface area contributed by atoms with Gasteiger partial charge in [-0.1, -0.05) is 27.2 Å². The molecule has 1 saturated carbocycles. The van der Waals surface area contributed by atoms with E-state index < -0.39 is 18.2 Å². The molecule has 0 aromatic heterocycles. The van der Waals surface area contributed by atoms with Gasteiger partial charge in [-0.2, -0.15) is 0 Å². The van der Waals surface area contributed by atoms with E-state index in [4.69, 9.17) is 5.73 Å². The van der Waals surface area contributed by atoms with Crippen LogP contribution < -0.4 is 16.4 Å². The maximum Gasteiger partial charge on any atom is 0.236 e. The summed E-state index contributed by atoms with van der Waals surface area (Å²) in [6.07, 6.45) is 2.39. The minimum atomic E-state index is -0.765. The molecule has 1 rings (SSSR count). The molecule has 6 atom stereocenters. The topological polar surface area (TPSA) is 104 Å². The number of amides is 2. The summed E-state index contributed by atoms with van der Waals surface area (Å²) < 4.78 is 0. The van der Waals surface area contributed by atoms with Gasteiger partial charge in [0.05, 0.1) is 18.2 Å². The average Bonchev–Trinajstić information content (AvgIpc) is 2.49. The molecule has 6 nitrogen and oxygen atoms in total. The number of aliphatic hydroxyl groups is 1. The monoisotopic (exact) mass is 341 g/mol. The van der Waals surface area contributed by atoms with E-state index in [0.717, 1.165) is 12.8 Å². The second-order valence-corrected chi connectivity index (χ2v) is 7.82. The molecule has 0 radical (unpaired) electrons. The van der Waals surface area contributed by atoms with Crippen molar-refractivity contribution in [3.63, 3.8) is 0 Å². The Labute approximate surface area is 145 Å². The van der Waals surface area contributed by atoms with E-state index in [-0.39, 0.29) is 24.3 Å². The van der Waals surface area contributed by atoms with Gasteiger partial charge in [0.2, 0.25) is 11.8 Å². The highest BCUT2D eigenvalue weighted by Gasteiger charge is 2.35. The lowest BCUT2D eigenvalue weighted by Gasteiger charge is -2.36. The molecule has 1 unspecified atom stereocenters. The van der Waals surface area contributed by atoms with Gasteiger partial charge in [0, 0.05) is 12.5 Å². The second-order valence-electron chi connectivity index (χ2n) is 7.82. The van der Waals surface area contributed by atoms with Crippen molar-refractivity contribution in [1.82, 2.24) is 10.6 Å². The Balaban J connectivity index is 2.64. The van der Waals surface area contributed by atoms with Crippen molar-refractivity contribution in [2.45, 2.75) is 72.1 Å². The summed E-state index contributed by atoms with van der Waals surface area (Å²) in [5.74, 6) is 1.12. The summed E-state index contributed by atoms with van der Waals surface area (Å²) in [7, 11) is 0. The molecule has 2 amide bonds. The molecule has 0 aromatic carbocycles. The number of rotatable bonds is 7. The van der Waals surface area contributed by atoms with Crippen molar-refractivity contribution in [2.75, 3.05) is 6.54 Å². The lowest BCUT2D eigenvalue weighted by molar-refractivity contribution is -0.130. The lowest BCUT2D eigenvalue weighted by atomic mass is 9.70. The number of hydrogen-bond acceptors (Lipinski definition) is 4. The van der Waals surface area contributed by atoms with E-state index in [1.165, 1.54) is 6.42 Å². The van der Waals surface area contributed by atoms with Crippen LogP contribution in [-0.4, -0.2) is 41.7 Å². The molecule has 1 fully saturated rings. The van der Waals surface area contributed by atoms with Gasteiger partial charge in [-0.15, -0.1) is 0 Å². The summed E-state index contributed by atoms with van der Waals surface area (Å²) in [6, 6.07) is -1.18. The zero-order valence-electron chi connectivity index (χ0n) is 15.7. The molecule has 0 aromatic rings. The normalized spacial score (nSPS) is 28.1. The maximum absolute atomic E-state index is 12.7. The predicted octanol–water partition coefficient (Wildman–Crippen LogP) is 1.02. The summed E-state index contributed by atoms with van der Waals surface area (Å²) in [5.41, 5.74) is 5.54. The van der Waals surface area contributed by atoms with Crippen LogP contribution in [0.25, 0.3) is 0 Å². The van der Waals surface area contributed by atoms with Crippen molar-refractivity contribution in [2.24, 2.45) is 29.4 Å². The predicted molar refractivity (Wildman–Crippen MR) is 95.1 cm³/mol. The van der Waals surface area contributed by atoms with Gasteiger partial charge in [-0.3, -0.25) is 9.59 Å². The molecular weight excluding hydrogens is 306 g/mol. The van der Waals surface area contributed by atoms with E-state index >= 15 is 0 Å². The van der Waals surface area contributed by atoms with Crippen molar-refractivity contribution >= 4 is 11.8 Å². The number of hydrogen-bond donors (Lipinski definition) is 4. The summed E-state index contributed by atoms with van der Waals surface area (Å²) in [5, 5.41) is 15.5. The number of nitrogens with two attached hydrogens (primary N) is 1. The van der Waals surface area contributed by atoms with Crippen LogP contribution in [0.4, 0.5) is 0 Å². The van der Waals surface area contributed by atoms with Gasteiger partial charge in [-0.05, 0) is 44.4 Å². The summed E-state index contributed by atoms with van der Waals surface area (Å²) in [4.78, 5) is 24.4. The molecule has 0 heterocycles. The van der Waals surface area contributed by atoms with Crippen LogP contribution in [0.3, 0.4) is 0 Å². The largest absolute Gasteiger partial charge is 0.391 e. The van der Waals surface area contributed by atoms with Gasteiger partial charge in [0.15, 0.2) is 0 Å². The lowest BCUT2D eigenvalue weighted by Crippen LogP contribution is -2.54. The van der Waals surface area contributed by atoms with Crippen molar-refractivity contribution in [3.05, 3.63) is 0 Å². The highest BCUT2D eigenvalue weighted by atomic mass is 16.3. The van der Waals surface area contributed by atoms with Gasteiger partial charge >= 0.3 is 0 Å². The summed E-state index contributed by atoms with van der Waals surface area (Å²) >= 11 is 0. The van der Waals surface area contributed by atoms with E-state index in [9.17, 15) is 14.7 Å². The van der Waals surface area contributed by atoms with Crippen LogP contribution in [0, 0.1) is 23.7 Å². The minimum Gasteiger partial charge on any atom is -0.391 e. The van der Waals surface area contributed by atoms with E-state index in [1.54, 1.807) is 13.8 Å². The Hall–Kier alpha value is -1.14. The first-order chi connectivity index (χ1) is 11.1. The molecule has 0 aliphatic heterocycles. The van der Waals surface area contributed by atoms with Gasteiger partial charge in [-0.25, -0.2) is 0 Å². The summed E-state index contributed by atoms with van der Waals surface area (Å²) in [6.45, 7) is 9.93. The number of carbonyl (C=O) groups excluding carboxylic acids is 2. The number of aliphatic hydroxyl groups excluding tert-OH is 1. The molecule has 1 aliphatic rings. The van der Waals surface area contributed by atoms with Crippen molar-refractivity contribution in [1.29, 1.82) is 0 Å².